The van der Waals surface area contributed by atoms with Crippen molar-refractivity contribution < 1.29 is 61.6 Å². The Kier molecular flexibility index (Phi) is 32.6. The first-order chi connectivity index (χ1) is 23.7. The van der Waals surface area contributed by atoms with Gasteiger partial charge in [0.05, 0.1) is 145 Å². The molecule has 0 amide bonds. The highest BCUT2D eigenvalue weighted by atomic mass is 16.6. The van der Waals surface area contributed by atoms with Crippen LogP contribution in [0.2, 0.25) is 0 Å². The van der Waals surface area contributed by atoms with Crippen molar-refractivity contribution in [3.63, 3.8) is 0 Å². The molecule has 0 aliphatic rings. The highest BCUT2D eigenvalue weighted by Gasteiger charge is 2.00. The maximum Gasteiger partial charge on any atom is 0.159 e. The summed E-state index contributed by atoms with van der Waals surface area (Å²) in [7, 11) is 0. The van der Waals surface area contributed by atoms with Crippen LogP contribution < -0.4 is 4.74 Å². The normalized spacial score (nSPS) is 11.1. The van der Waals surface area contributed by atoms with E-state index in [9.17, 15) is 4.79 Å². The van der Waals surface area contributed by atoms with E-state index in [1.807, 2.05) is 0 Å². The van der Waals surface area contributed by atoms with E-state index >= 15 is 0 Å². The first kappa shape index (κ1) is 43.6. The molecule has 0 spiro atoms. The van der Waals surface area contributed by atoms with Gasteiger partial charge in [-0.2, -0.15) is 0 Å². The third-order valence-corrected chi connectivity index (χ3v) is 5.88. The maximum absolute atomic E-state index is 11.3. The average molecular weight is 690 g/mol. The molecule has 0 saturated carbocycles. The minimum absolute atomic E-state index is 0.0299. The zero-order valence-electron chi connectivity index (χ0n) is 28.4. The molecule has 0 fully saturated rings. The number of azide groups is 1. The molecule has 0 unspecified atom stereocenters. The van der Waals surface area contributed by atoms with Crippen molar-refractivity contribution in [1.29, 1.82) is 0 Å². The molecule has 0 N–H and O–H groups in total. The van der Waals surface area contributed by atoms with Gasteiger partial charge in [-0.1, -0.05) is 5.11 Å². The van der Waals surface area contributed by atoms with E-state index in [0.29, 0.717) is 170 Å². The van der Waals surface area contributed by atoms with Crippen LogP contribution >= 0.6 is 0 Å². The molecule has 16 nitrogen and oxygen atoms in total. The zero-order valence-corrected chi connectivity index (χ0v) is 28.4. The van der Waals surface area contributed by atoms with Gasteiger partial charge >= 0.3 is 0 Å². The third-order valence-electron chi connectivity index (χ3n) is 5.88. The summed E-state index contributed by atoms with van der Waals surface area (Å²) >= 11 is 0. The minimum Gasteiger partial charge on any atom is -0.491 e. The van der Waals surface area contributed by atoms with Crippen molar-refractivity contribution >= 4 is 5.78 Å². The molecule has 1 rings (SSSR count). The molecular formula is C32H55N3O13. The van der Waals surface area contributed by atoms with Crippen LogP contribution in [0.3, 0.4) is 0 Å². The van der Waals surface area contributed by atoms with E-state index < -0.39 is 0 Å². The number of nitrogens with zero attached hydrogens (tertiary/aromatic N) is 3. The summed E-state index contributed by atoms with van der Waals surface area (Å²) < 4.78 is 65.3. The summed E-state index contributed by atoms with van der Waals surface area (Å²) in [5.74, 6) is 0.734. The molecule has 16 heteroatoms. The lowest BCUT2D eigenvalue weighted by molar-refractivity contribution is -0.0276. The van der Waals surface area contributed by atoms with Gasteiger partial charge in [0.15, 0.2) is 5.78 Å². The van der Waals surface area contributed by atoms with E-state index in [2.05, 4.69) is 10.0 Å². The molecule has 0 aliphatic heterocycles. The van der Waals surface area contributed by atoms with Crippen molar-refractivity contribution in [2.24, 2.45) is 5.11 Å². The lowest BCUT2D eigenvalue weighted by atomic mass is 10.1. The van der Waals surface area contributed by atoms with Gasteiger partial charge in [0, 0.05) is 17.0 Å². The summed E-state index contributed by atoms with van der Waals surface area (Å²) in [4.78, 5) is 13.9. The van der Waals surface area contributed by atoms with Crippen molar-refractivity contribution in [1.82, 2.24) is 0 Å². The first-order valence-electron chi connectivity index (χ1n) is 16.3. The fourth-order valence-corrected chi connectivity index (χ4v) is 3.46. The van der Waals surface area contributed by atoms with Gasteiger partial charge in [-0.05, 0) is 36.7 Å². The van der Waals surface area contributed by atoms with Crippen molar-refractivity contribution in [2.75, 3.05) is 159 Å². The number of ether oxygens (including phenoxy) is 12. The van der Waals surface area contributed by atoms with E-state index in [0.717, 1.165) is 0 Å². The summed E-state index contributed by atoms with van der Waals surface area (Å²) in [5.41, 5.74) is 8.80. The highest BCUT2D eigenvalue weighted by Crippen LogP contribution is 2.12. The Hall–Kier alpha value is -2.44. The number of benzene rings is 1. The number of carbonyl (C=O) groups is 1. The Morgan fingerprint density at radius 2 is 0.750 bits per heavy atom. The molecule has 1 aromatic carbocycles. The fourth-order valence-electron chi connectivity index (χ4n) is 3.46. The predicted molar refractivity (Wildman–Crippen MR) is 175 cm³/mol. The number of rotatable bonds is 38. The zero-order chi connectivity index (χ0) is 34.4. The predicted octanol–water partition coefficient (Wildman–Crippen LogP) is 2.76. The Labute approximate surface area is 284 Å². The van der Waals surface area contributed by atoms with Crippen LogP contribution in [-0.4, -0.2) is 164 Å². The smallest absolute Gasteiger partial charge is 0.159 e. The fraction of sp³-hybridized carbons (Fsp3) is 0.781. The molecule has 0 saturated heterocycles. The van der Waals surface area contributed by atoms with Crippen LogP contribution in [0.15, 0.2) is 29.4 Å². The minimum atomic E-state index is 0.0299. The van der Waals surface area contributed by atoms with Crippen LogP contribution in [0.1, 0.15) is 17.3 Å². The summed E-state index contributed by atoms with van der Waals surface area (Å²) in [6, 6.07) is 7.04. The molecule has 276 valence electrons. The standard InChI is InChI=1S/C32H55N3O13/c1-30(36)31-2-4-32(5-3-31)48-29-28-47-27-26-46-25-24-45-23-22-44-21-20-43-19-18-42-17-16-41-15-14-40-13-12-39-11-10-38-9-8-37-7-6-34-35-33/h2-5H,6-29H2,1H3. The molecule has 0 aliphatic carbocycles. The maximum atomic E-state index is 11.3. The van der Waals surface area contributed by atoms with Crippen LogP contribution in [0.4, 0.5) is 0 Å². The third kappa shape index (κ3) is 30.9. The van der Waals surface area contributed by atoms with Crippen LogP contribution in [0.5, 0.6) is 5.75 Å². The molecule has 0 bridgehead atoms. The summed E-state index contributed by atoms with van der Waals surface area (Å²) in [6.45, 7) is 12.8. The second-order valence-electron chi connectivity index (χ2n) is 9.62. The van der Waals surface area contributed by atoms with E-state index in [4.69, 9.17) is 62.4 Å². The molecule has 48 heavy (non-hydrogen) atoms. The number of Topliss-reactive ketones (excluding diaryl/α,β-unsaturated/α-hetero) is 1. The van der Waals surface area contributed by atoms with Crippen LogP contribution in [0, 0.1) is 0 Å². The van der Waals surface area contributed by atoms with Gasteiger partial charge in [-0.25, -0.2) is 0 Å². The number of hydrogen-bond acceptors (Lipinski definition) is 14. The lowest BCUT2D eigenvalue weighted by Crippen LogP contribution is -2.15. The Morgan fingerprint density at radius 3 is 1.02 bits per heavy atom. The van der Waals surface area contributed by atoms with Crippen LogP contribution in [-0.2, 0) is 52.1 Å². The average Bonchev–Trinajstić information content (AvgIpc) is 3.09. The number of hydrogen-bond donors (Lipinski definition) is 0. The van der Waals surface area contributed by atoms with Crippen molar-refractivity contribution in [2.45, 2.75) is 6.92 Å². The van der Waals surface area contributed by atoms with E-state index in [-0.39, 0.29) is 5.78 Å². The Balaban J connectivity index is 1.65. The van der Waals surface area contributed by atoms with Crippen molar-refractivity contribution in [3.05, 3.63) is 40.3 Å². The molecule has 0 radical (unpaired) electrons. The Morgan fingerprint density at radius 1 is 0.479 bits per heavy atom. The molecule has 1 aromatic rings. The molecule has 0 aromatic heterocycles. The largest absolute Gasteiger partial charge is 0.491 e. The second-order valence-corrected chi connectivity index (χ2v) is 9.62. The Bertz CT molecular complexity index is 893. The van der Waals surface area contributed by atoms with E-state index in [1.54, 1.807) is 24.3 Å². The van der Waals surface area contributed by atoms with Gasteiger partial charge < -0.3 is 56.8 Å². The summed E-state index contributed by atoms with van der Waals surface area (Å²) in [5, 5.41) is 3.37. The molecule has 0 heterocycles. The lowest BCUT2D eigenvalue weighted by Gasteiger charge is -2.09. The SMILES string of the molecule is CC(=O)c1ccc(OCCOCCOCCOCCOCCOCCOCCOCCOCCOCCOCCOCCN=[N+]=[N-])cc1. The van der Waals surface area contributed by atoms with Gasteiger partial charge in [0.2, 0.25) is 0 Å². The van der Waals surface area contributed by atoms with Crippen molar-refractivity contribution in [3.8, 4) is 5.75 Å². The molecular weight excluding hydrogens is 634 g/mol. The van der Waals surface area contributed by atoms with Gasteiger partial charge in [-0.15, -0.1) is 0 Å². The number of ketones is 1. The van der Waals surface area contributed by atoms with Gasteiger partial charge in [0.1, 0.15) is 12.4 Å². The quantitative estimate of drug-likeness (QED) is 0.0326. The first-order valence-corrected chi connectivity index (χ1v) is 16.3. The van der Waals surface area contributed by atoms with E-state index in [1.165, 1.54) is 6.92 Å². The van der Waals surface area contributed by atoms with Gasteiger partial charge in [-0.3, -0.25) is 4.79 Å². The topological polar surface area (TPSA) is 177 Å². The summed E-state index contributed by atoms with van der Waals surface area (Å²) in [6.07, 6.45) is 0. The second kappa shape index (κ2) is 35.9. The monoisotopic (exact) mass is 689 g/mol. The van der Waals surface area contributed by atoms with Gasteiger partial charge in [0.25, 0.3) is 0 Å². The highest BCUT2D eigenvalue weighted by molar-refractivity contribution is 5.94. The molecule has 0 atom stereocenters. The number of carbonyl (C=O) groups excluding carboxylic acids is 1. The van der Waals surface area contributed by atoms with Crippen LogP contribution in [0.25, 0.3) is 10.4 Å².